The first-order valence-corrected chi connectivity index (χ1v) is 5.38. The molecule has 0 fully saturated rings. The van der Waals surface area contributed by atoms with Crippen LogP contribution in [-0.2, 0) is 6.42 Å². The van der Waals surface area contributed by atoms with Crippen LogP contribution in [0.4, 0.5) is 11.4 Å². The first-order valence-electron chi connectivity index (χ1n) is 5.38. The Morgan fingerprint density at radius 3 is 2.00 bits per heavy atom. The summed E-state index contributed by atoms with van der Waals surface area (Å²) in [6.45, 7) is 0. The summed E-state index contributed by atoms with van der Waals surface area (Å²) in [4.78, 5) is 0. The van der Waals surface area contributed by atoms with Crippen molar-refractivity contribution < 1.29 is 0 Å². The van der Waals surface area contributed by atoms with Gasteiger partial charge in [0, 0.05) is 6.42 Å². The van der Waals surface area contributed by atoms with E-state index in [1.54, 1.807) is 0 Å². The molecular formula is C15H12N2. The van der Waals surface area contributed by atoms with Gasteiger partial charge in [0.15, 0.2) is 0 Å². The fourth-order valence-corrected chi connectivity index (χ4v) is 1.41. The van der Waals surface area contributed by atoms with E-state index in [0.29, 0.717) is 6.42 Å². The molecule has 0 unspecified atom stereocenters. The van der Waals surface area contributed by atoms with Crippen molar-refractivity contribution in [3.63, 3.8) is 0 Å². The average molecular weight is 220 g/mol. The minimum absolute atomic E-state index is 0.649. The molecule has 0 spiro atoms. The highest BCUT2D eigenvalue weighted by Crippen LogP contribution is 2.18. The highest BCUT2D eigenvalue weighted by Gasteiger charge is 1.92. The Kier molecular flexibility index (Phi) is 3.67. The predicted octanol–water partition coefficient (Wildman–Crippen LogP) is 4.28. The molecule has 0 atom stereocenters. The number of benzene rings is 2. The number of terminal acetylenes is 1. The lowest BCUT2D eigenvalue weighted by Gasteiger charge is -1.96. The smallest absolute Gasteiger partial charge is 0.0857 e. The van der Waals surface area contributed by atoms with Crippen LogP contribution in [0.3, 0.4) is 0 Å². The number of hydrogen-bond acceptors (Lipinski definition) is 2. The quantitative estimate of drug-likeness (QED) is 0.545. The topological polar surface area (TPSA) is 24.7 Å². The number of azo groups is 1. The Morgan fingerprint density at radius 2 is 1.41 bits per heavy atom. The first-order chi connectivity index (χ1) is 8.38. The summed E-state index contributed by atoms with van der Waals surface area (Å²) in [5.41, 5.74) is 2.79. The Labute approximate surface area is 101 Å². The van der Waals surface area contributed by atoms with E-state index in [0.717, 1.165) is 16.9 Å². The zero-order chi connectivity index (χ0) is 11.9. The van der Waals surface area contributed by atoms with E-state index in [1.165, 1.54) is 0 Å². The maximum absolute atomic E-state index is 5.24. The molecule has 0 saturated heterocycles. The minimum Gasteiger partial charge on any atom is -0.151 e. The van der Waals surface area contributed by atoms with Gasteiger partial charge in [-0.25, -0.2) is 0 Å². The van der Waals surface area contributed by atoms with Crippen molar-refractivity contribution in [2.24, 2.45) is 10.2 Å². The molecule has 0 aromatic heterocycles. The van der Waals surface area contributed by atoms with Crippen molar-refractivity contribution in [1.29, 1.82) is 0 Å². The maximum atomic E-state index is 5.24. The van der Waals surface area contributed by atoms with Gasteiger partial charge in [0.05, 0.1) is 11.4 Å². The van der Waals surface area contributed by atoms with Crippen LogP contribution in [0.5, 0.6) is 0 Å². The van der Waals surface area contributed by atoms with Crippen LogP contribution >= 0.6 is 0 Å². The van der Waals surface area contributed by atoms with Crippen molar-refractivity contribution in [1.82, 2.24) is 0 Å². The van der Waals surface area contributed by atoms with Gasteiger partial charge in [0.1, 0.15) is 0 Å². The van der Waals surface area contributed by atoms with E-state index in [-0.39, 0.29) is 0 Å². The molecule has 0 bridgehead atoms. The van der Waals surface area contributed by atoms with E-state index in [9.17, 15) is 0 Å². The van der Waals surface area contributed by atoms with Crippen LogP contribution < -0.4 is 0 Å². The third-order valence-electron chi connectivity index (χ3n) is 2.28. The lowest BCUT2D eigenvalue weighted by atomic mass is 10.1. The average Bonchev–Trinajstić information content (AvgIpc) is 2.40. The lowest BCUT2D eigenvalue weighted by Crippen LogP contribution is -1.78. The third kappa shape index (κ3) is 3.29. The van der Waals surface area contributed by atoms with Crippen LogP contribution in [0, 0.1) is 12.3 Å². The molecule has 0 amide bonds. The van der Waals surface area contributed by atoms with Gasteiger partial charge in [-0.15, -0.1) is 12.3 Å². The second-order valence-electron chi connectivity index (χ2n) is 3.58. The molecule has 17 heavy (non-hydrogen) atoms. The molecule has 0 saturated carbocycles. The Bertz CT molecular complexity index is 533. The molecule has 0 aliphatic heterocycles. The molecule has 2 heteroatoms. The molecule has 0 aliphatic rings. The number of nitrogens with zero attached hydrogens (tertiary/aromatic N) is 2. The Morgan fingerprint density at radius 1 is 0.824 bits per heavy atom. The molecule has 2 aromatic rings. The first kappa shape index (κ1) is 11.1. The summed E-state index contributed by atoms with van der Waals surface area (Å²) < 4.78 is 0. The van der Waals surface area contributed by atoms with Crippen molar-refractivity contribution in [3.8, 4) is 12.3 Å². The van der Waals surface area contributed by atoms with Gasteiger partial charge in [0.25, 0.3) is 0 Å². The summed E-state index contributed by atoms with van der Waals surface area (Å²) in [5.74, 6) is 2.61. The molecule has 0 heterocycles. The van der Waals surface area contributed by atoms with Crippen molar-refractivity contribution in [2.75, 3.05) is 0 Å². The number of hydrogen-bond donors (Lipinski definition) is 0. The van der Waals surface area contributed by atoms with Gasteiger partial charge in [-0.05, 0) is 29.8 Å². The Hall–Kier alpha value is -2.40. The van der Waals surface area contributed by atoms with Gasteiger partial charge in [0.2, 0.25) is 0 Å². The highest BCUT2D eigenvalue weighted by molar-refractivity contribution is 5.41. The van der Waals surface area contributed by atoms with E-state index in [2.05, 4.69) is 16.1 Å². The van der Waals surface area contributed by atoms with E-state index in [4.69, 9.17) is 6.42 Å². The maximum Gasteiger partial charge on any atom is 0.0857 e. The normalized spacial score (nSPS) is 10.3. The second kappa shape index (κ2) is 5.62. The van der Waals surface area contributed by atoms with Gasteiger partial charge in [-0.3, -0.25) is 0 Å². The summed E-state index contributed by atoms with van der Waals surface area (Å²) in [7, 11) is 0. The fraction of sp³-hybridized carbons (Fsp3) is 0.0667. The molecule has 82 valence electrons. The zero-order valence-electron chi connectivity index (χ0n) is 9.38. The highest BCUT2D eigenvalue weighted by atomic mass is 15.1. The molecule has 0 N–H and O–H groups in total. The minimum atomic E-state index is 0.649. The van der Waals surface area contributed by atoms with Gasteiger partial charge in [-0.1, -0.05) is 30.3 Å². The standard InChI is InChI=1S/C15H12N2/c1-2-6-13-9-11-15(12-10-13)17-16-14-7-4-3-5-8-14/h1,3-5,7-12H,6H2. The van der Waals surface area contributed by atoms with Crippen molar-refractivity contribution >= 4 is 11.4 Å². The molecule has 2 aromatic carbocycles. The monoisotopic (exact) mass is 220 g/mol. The lowest BCUT2D eigenvalue weighted by molar-refractivity contribution is 1.22. The summed E-state index contributed by atoms with van der Waals surface area (Å²) in [6.07, 6.45) is 5.89. The summed E-state index contributed by atoms with van der Waals surface area (Å²) in [6, 6.07) is 17.4. The molecule has 0 radical (unpaired) electrons. The number of rotatable bonds is 3. The zero-order valence-corrected chi connectivity index (χ0v) is 9.38. The van der Waals surface area contributed by atoms with Crippen LogP contribution in [0.2, 0.25) is 0 Å². The SMILES string of the molecule is C#CCc1ccc(N=Nc2ccccc2)cc1. The molecule has 0 aliphatic carbocycles. The van der Waals surface area contributed by atoms with Gasteiger partial charge in [-0.2, -0.15) is 10.2 Å². The van der Waals surface area contributed by atoms with Crippen molar-refractivity contribution in [3.05, 3.63) is 60.2 Å². The second-order valence-corrected chi connectivity index (χ2v) is 3.58. The fourth-order valence-electron chi connectivity index (χ4n) is 1.41. The van der Waals surface area contributed by atoms with Crippen LogP contribution in [0.15, 0.2) is 64.8 Å². The largest absolute Gasteiger partial charge is 0.151 e. The Balaban J connectivity index is 2.09. The van der Waals surface area contributed by atoms with Gasteiger partial charge >= 0.3 is 0 Å². The predicted molar refractivity (Wildman–Crippen MR) is 69.6 cm³/mol. The summed E-state index contributed by atoms with van der Waals surface area (Å²) >= 11 is 0. The van der Waals surface area contributed by atoms with Crippen LogP contribution in [0.25, 0.3) is 0 Å². The van der Waals surface area contributed by atoms with Crippen molar-refractivity contribution in [2.45, 2.75) is 6.42 Å². The molecular weight excluding hydrogens is 208 g/mol. The summed E-state index contributed by atoms with van der Waals surface area (Å²) in [5, 5.41) is 8.29. The molecule has 2 nitrogen and oxygen atoms in total. The van der Waals surface area contributed by atoms with E-state index >= 15 is 0 Å². The molecule has 2 rings (SSSR count). The van der Waals surface area contributed by atoms with E-state index in [1.807, 2.05) is 54.6 Å². The van der Waals surface area contributed by atoms with Gasteiger partial charge < -0.3 is 0 Å². The van der Waals surface area contributed by atoms with Crippen LogP contribution in [-0.4, -0.2) is 0 Å². The van der Waals surface area contributed by atoms with Crippen LogP contribution in [0.1, 0.15) is 5.56 Å². The van der Waals surface area contributed by atoms with E-state index < -0.39 is 0 Å². The third-order valence-corrected chi connectivity index (χ3v) is 2.28.